The number of hydrogen-bond acceptors (Lipinski definition) is 3. The minimum atomic E-state index is 0.899. The number of anilines is 1. The number of hydrogen-bond donors (Lipinski definition) is 1. The van der Waals surface area contributed by atoms with Crippen LogP contribution in [-0.2, 0) is 0 Å². The summed E-state index contributed by atoms with van der Waals surface area (Å²) in [5.74, 6) is 1.84. The van der Waals surface area contributed by atoms with Crippen LogP contribution in [0, 0.1) is 5.92 Å². The molecule has 1 aliphatic carbocycles. The van der Waals surface area contributed by atoms with Crippen LogP contribution < -0.4 is 9.80 Å². The standard InChI is InChI=1S/C14H22N4/c1-12-3-4-13(11-12)17-7-9-18(10-8-17)14-15-5-2-6-16-14/h2,5-6,12-13H,3-4,7-11H2,1H3/p+1/t12-,13+/m0/s1. The van der Waals surface area contributed by atoms with Gasteiger partial charge in [-0.15, -0.1) is 0 Å². The summed E-state index contributed by atoms with van der Waals surface area (Å²) in [7, 11) is 0. The van der Waals surface area contributed by atoms with Gasteiger partial charge in [0.2, 0.25) is 5.95 Å². The lowest BCUT2D eigenvalue weighted by molar-refractivity contribution is -0.925. The summed E-state index contributed by atoms with van der Waals surface area (Å²) < 4.78 is 0. The second-order valence-electron chi connectivity index (χ2n) is 5.81. The average Bonchev–Trinajstić information content (AvgIpc) is 2.87. The van der Waals surface area contributed by atoms with Crippen molar-refractivity contribution in [3.05, 3.63) is 18.5 Å². The third-order valence-electron chi connectivity index (χ3n) is 4.51. The molecule has 0 aromatic carbocycles. The molecule has 18 heavy (non-hydrogen) atoms. The summed E-state index contributed by atoms with van der Waals surface area (Å²) in [4.78, 5) is 12.8. The van der Waals surface area contributed by atoms with Gasteiger partial charge in [-0.1, -0.05) is 6.92 Å². The molecule has 1 aliphatic heterocycles. The molecule has 1 saturated carbocycles. The first-order valence-electron chi connectivity index (χ1n) is 7.19. The summed E-state index contributed by atoms with van der Waals surface area (Å²) in [5.41, 5.74) is 0. The normalized spacial score (nSPS) is 29.7. The van der Waals surface area contributed by atoms with Crippen LogP contribution in [0.1, 0.15) is 26.2 Å². The summed E-state index contributed by atoms with van der Waals surface area (Å²) in [6.45, 7) is 7.09. The highest BCUT2D eigenvalue weighted by atomic mass is 15.3. The minimum absolute atomic E-state index is 0.899. The van der Waals surface area contributed by atoms with E-state index in [0.29, 0.717) is 0 Å². The van der Waals surface area contributed by atoms with Gasteiger partial charge >= 0.3 is 0 Å². The summed E-state index contributed by atoms with van der Waals surface area (Å²) in [6.07, 6.45) is 7.95. The van der Waals surface area contributed by atoms with Crippen molar-refractivity contribution >= 4 is 5.95 Å². The Hall–Kier alpha value is -1.16. The van der Waals surface area contributed by atoms with E-state index >= 15 is 0 Å². The van der Waals surface area contributed by atoms with Gasteiger partial charge in [-0.3, -0.25) is 0 Å². The Morgan fingerprint density at radius 3 is 2.50 bits per heavy atom. The Morgan fingerprint density at radius 1 is 1.17 bits per heavy atom. The van der Waals surface area contributed by atoms with Crippen molar-refractivity contribution < 1.29 is 4.90 Å². The number of quaternary nitrogens is 1. The van der Waals surface area contributed by atoms with E-state index in [-0.39, 0.29) is 0 Å². The van der Waals surface area contributed by atoms with E-state index in [2.05, 4.69) is 21.8 Å². The number of aromatic nitrogens is 2. The molecule has 4 heteroatoms. The van der Waals surface area contributed by atoms with Crippen LogP contribution in [0.5, 0.6) is 0 Å². The second-order valence-corrected chi connectivity index (χ2v) is 5.81. The average molecular weight is 247 g/mol. The molecule has 0 unspecified atom stereocenters. The first-order valence-corrected chi connectivity index (χ1v) is 7.19. The van der Waals surface area contributed by atoms with Crippen LogP contribution in [-0.4, -0.2) is 42.2 Å². The van der Waals surface area contributed by atoms with Gasteiger partial charge in [-0.25, -0.2) is 9.97 Å². The van der Waals surface area contributed by atoms with Crippen LogP contribution in [0.15, 0.2) is 18.5 Å². The van der Waals surface area contributed by atoms with E-state index in [4.69, 9.17) is 0 Å². The van der Waals surface area contributed by atoms with Crippen molar-refractivity contribution in [3.8, 4) is 0 Å². The minimum Gasteiger partial charge on any atom is -0.330 e. The molecule has 0 radical (unpaired) electrons. The summed E-state index contributed by atoms with van der Waals surface area (Å²) in [6, 6.07) is 2.80. The monoisotopic (exact) mass is 247 g/mol. The fourth-order valence-corrected chi connectivity index (χ4v) is 3.43. The molecule has 0 amide bonds. The van der Waals surface area contributed by atoms with Gasteiger partial charge in [0, 0.05) is 18.8 Å². The van der Waals surface area contributed by atoms with Crippen molar-refractivity contribution in [2.24, 2.45) is 5.92 Å². The highest BCUT2D eigenvalue weighted by molar-refractivity contribution is 5.28. The van der Waals surface area contributed by atoms with E-state index in [1.165, 1.54) is 32.4 Å². The molecule has 2 heterocycles. The molecule has 98 valence electrons. The molecule has 1 N–H and O–H groups in total. The Labute approximate surface area is 109 Å². The molecule has 0 spiro atoms. The Kier molecular flexibility index (Phi) is 3.46. The van der Waals surface area contributed by atoms with Gasteiger partial charge in [-0.05, 0) is 24.8 Å². The maximum Gasteiger partial charge on any atom is 0.225 e. The first-order chi connectivity index (χ1) is 8.83. The molecular weight excluding hydrogens is 224 g/mol. The Bertz CT molecular complexity index is 373. The molecule has 2 fully saturated rings. The fraction of sp³-hybridized carbons (Fsp3) is 0.714. The first kappa shape index (κ1) is 11.9. The smallest absolute Gasteiger partial charge is 0.225 e. The number of rotatable bonds is 2. The lowest BCUT2D eigenvalue weighted by Crippen LogP contribution is -3.18. The Balaban J connectivity index is 1.55. The predicted octanol–water partition coefficient (Wildman–Crippen LogP) is 0.370. The molecular formula is C14H23N4+. The SMILES string of the molecule is C[C@H]1CC[C@@H]([NH+]2CCN(c3ncccn3)CC2)C1. The van der Waals surface area contributed by atoms with E-state index in [0.717, 1.165) is 31.0 Å². The van der Waals surface area contributed by atoms with Gasteiger partial charge in [0.05, 0.1) is 32.2 Å². The largest absolute Gasteiger partial charge is 0.330 e. The number of piperazine rings is 1. The van der Waals surface area contributed by atoms with Crippen molar-refractivity contribution in [1.29, 1.82) is 0 Å². The van der Waals surface area contributed by atoms with Crippen molar-refractivity contribution in [3.63, 3.8) is 0 Å². The molecule has 3 rings (SSSR count). The zero-order chi connectivity index (χ0) is 12.4. The van der Waals surface area contributed by atoms with Crippen LogP contribution in [0.2, 0.25) is 0 Å². The molecule has 4 nitrogen and oxygen atoms in total. The number of nitrogens with zero attached hydrogens (tertiary/aromatic N) is 3. The Morgan fingerprint density at radius 2 is 1.89 bits per heavy atom. The van der Waals surface area contributed by atoms with Gasteiger partial charge < -0.3 is 9.80 Å². The predicted molar refractivity (Wildman–Crippen MR) is 71.7 cm³/mol. The highest BCUT2D eigenvalue weighted by Crippen LogP contribution is 2.23. The zero-order valence-corrected chi connectivity index (χ0v) is 11.2. The lowest BCUT2D eigenvalue weighted by atomic mass is 10.1. The third kappa shape index (κ3) is 2.48. The molecule has 1 aromatic heterocycles. The molecule has 2 atom stereocenters. The van der Waals surface area contributed by atoms with Crippen LogP contribution in [0.4, 0.5) is 5.95 Å². The van der Waals surface area contributed by atoms with Crippen LogP contribution in [0.3, 0.4) is 0 Å². The van der Waals surface area contributed by atoms with Gasteiger partial charge in [0.15, 0.2) is 0 Å². The van der Waals surface area contributed by atoms with Gasteiger partial charge in [0.1, 0.15) is 0 Å². The van der Waals surface area contributed by atoms with E-state index < -0.39 is 0 Å². The van der Waals surface area contributed by atoms with Gasteiger partial charge in [0.25, 0.3) is 0 Å². The molecule has 1 aromatic rings. The highest BCUT2D eigenvalue weighted by Gasteiger charge is 2.32. The molecule has 2 aliphatic rings. The molecule has 1 saturated heterocycles. The van der Waals surface area contributed by atoms with E-state index in [1.54, 1.807) is 0 Å². The second kappa shape index (κ2) is 5.22. The lowest BCUT2D eigenvalue weighted by Gasteiger charge is -2.35. The number of nitrogens with one attached hydrogen (secondary N) is 1. The van der Waals surface area contributed by atoms with E-state index in [9.17, 15) is 0 Å². The maximum atomic E-state index is 4.34. The van der Waals surface area contributed by atoms with Gasteiger partial charge in [-0.2, -0.15) is 0 Å². The third-order valence-corrected chi connectivity index (χ3v) is 4.51. The summed E-state index contributed by atoms with van der Waals surface area (Å²) >= 11 is 0. The van der Waals surface area contributed by atoms with Crippen LogP contribution in [0.25, 0.3) is 0 Å². The summed E-state index contributed by atoms with van der Waals surface area (Å²) in [5, 5.41) is 0. The van der Waals surface area contributed by atoms with Crippen molar-refractivity contribution in [2.75, 3.05) is 31.1 Å². The molecule has 0 bridgehead atoms. The van der Waals surface area contributed by atoms with Crippen LogP contribution >= 0.6 is 0 Å². The fourth-order valence-electron chi connectivity index (χ4n) is 3.43. The van der Waals surface area contributed by atoms with E-state index in [1.807, 2.05) is 23.4 Å². The van der Waals surface area contributed by atoms with Crippen molar-refractivity contribution in [1.82, 2.24) is 9.97 Å². The maximum absolute atomic E-state index is 4.34. The topological polar surface area (TPSA) is 33.5 Å². The van der Waals surface area contributed by atoms with Crippen molar-refractivity contribution in [2.45, 2.75) is 32.2 Å². The zero-order valence-electron chi connectivity index (χ0n) is 11.2. The quantitative estimate of drug-likeness (QED) is 0.820.